The first kappa shape index (κ1) is 21.5. The summed E-state index contributed by atoms with van der Waals surface area (Å²) in [5.41, 5.74) is 1.90. The standard InChI is InChI=1S/C21H24N2O4S/c1-4-23(5-2)28(26,27)20-13-9-18(10-14-20)21(25)15-8-17-6-11-19(12-7-17)22-16(3)24/h6-15H,4-5H2,1-3H3,(H,22,24)/b15-8+. The Kier molecular flexibility index (Phi) is 7.25. The van der Waals surface area contributed by atoms with Crippen LogP contribution in [0.15, 0.2) is 59.5 Å². The summed E-state index contributed by atoms with van der Waals surface area (Å²) in [6.45, 7) is 5.79. The van der Waals surface area contributed by atoms with Crippen LogP contribution in [-0.2, 0) is 14.8 Å². The van der Waals surface area contributed by atoms with Gasteiger partial charge < -0.3 is 5.32 Å². The van der Waals surface area contributed by atoms with Crippen molar-refractivity contribution in [3.8, 4) is 0 Å². The molecule has 6 nitrogen and oxygen atoms in total. The van der Waals surface area contributed by atoms with E-state index < -0.39 is 10.0 Å². The molecule has 0 aromatic heterocycles. The molecule has 0 unspecified atom stereocenters. The van der Waals surface area contributed by atoms with E-state index in [0.29, 0.717) is 24.3 Å². The van der Waals surface area contributed by atoms with Crippen molar-refractivity contribution < 1.29 is 18.0 Å². The number of carbonyl (C=O) groups is 2. The summed E-state index contributed by atoms with van der Waals surface area (Å²) in [6.07, 6.45) is 3.10. The molecule has 148 valence electrons. The van der Waals surface area contributed by atoms with Gasteiger partial charge in [0.25, 0.3) is 0 Å². The zero-order valence-electron chi connectivity index (χ0n) is 16.2. The molecule has 2 aromatic rings. The Morgan fingerprint density at radius 1 is 0.964 bits per heavy atom. The highest BCUT2D eigenvalue weighted by Gasteiger charge is 2.21. The fourth-order valence-corrected chi connectivity index (χ4v) is 4.11. The number of rotatable bonds is 8. The first-order valence-corrected chi connectivity index (χ1v) is 10.4. The number of ketones is 1. The summed E-state index contributed by atoms with van der Waals surface area (Å²) in [6, 6.07) is 13.0. The van der Waals surface area contributed by atoms with Crippen LogP contribution in [0.3, 0.4) is 0 Å². The summed E-state index contributed by atoms with van der Waals surface area (Å²) < 4.78 is 26.3. The molecule has 0 fully saturated rings. The molecule has 0 aliphatic heterocycles. The van der Waals surface area contributed by atoms with Gasteiger partial charge >= 0.3 is 0 Å². The fraction of sp³-hybridized carbons (Fsp3) is 0.238. The summed E-state index contributed by atoms with van der Waals surface area (Å²) in [5.74, 6) is -0.373. The number of nitrogens with one attached hydrogen (secondary N) is 1. The number of anilines is 1. The van der Waals surface area contributed by atoms with E-state index >= 15 is 0 Å². The normalized spacial score (nSPS) is 11.7. The first-order valence-electron chi connectivity index (χ1n) is 8.98. The Morgan fingerprint density at radius 3 is 2.04 bits per heavy atom. The summed E-state index contributed by atoms with van der Waals surface area (Å²) >= 11 is 0. The molecule has 0 saturated heterocycles. The Labute approximate surface area is 165 Å². The van der Waals surface area contributed by atoms with E-state index in [2.05, 4.69) is 5.32 Å². The minimum Gasteiger partial charge on any atom is -0.326 e. The third-order valence-corrected chi connectivity index (χ3v) is 6.20. The number of allylic oxidation sites excluding steroid dienone is 1. The number of nitrogens with zero attached hydrogens (tertiary/aromatic N) is 1. The highest BCUT2D eigenvalue weighted by atomic mass is 32.2. The lowest BCUT2D eigenvalue weighted by Gasteiger charge is -2.18. The van der Waals surface area contributed by atoms with Crippen molar-refractivity contribution in [3.05, 3.63) is 65.7 Å². The zero-order valence-corrected chi connectivity index (χ0v) is 17.0. The second kappa shape index (κ2) is 9.43. The van der Waals surface area contributed by atoms with Crippen molar-refractivity contribution in [1.82, 2.24) is 4.31 Å². The molecule has 28 heavy (non-hydrogen) atoms. The van der Waals surface area contributed by atoms with Crippen LogP contribution < -0.4 is 5.32 Å². The van der Waals surface area contributed by atoms with Gasteiger partial charge in [0, 0.05) is 31.3 Å². The van der Waals surface area contributed by atoms with E-state index in [9.17, 15) is 18.0 Å². The second-order valence-corrected chi connectivity index (χ2v) is 8.05. The van der Waals surface area contributed by atoms with E-state index in [1.54, 1.807) is 44.2 Å². The molecule has 0 spiro atoms. The maximum Gasteiger partial charge on any atom is 0.243 e. The number of hydrogen-bond acceptors (Lipinski definition) is 4. The number of benzene rings is 2. The number of amides is 1. The summed E-state index contributed by atoms with van der Waals surface area (Å²) in [4.78, 5) is 23.5. The highest BCUT2D eigenvalue weighted by Crippen LogP contribution is 2.17. The lowest BCUT2D eigenvalue weighted by Crippen LogP contribution is -2.30. The third kappa shape index (κ3) is 5.37. The van der Waals surface area contributed by atoms with Crippen molar-refractivity contribution in [2.75, 3.05) is 18.4 Å². The lowest BCUT2D eigenvalue weighted by molar-refractivity contribution is -0.114. The lowest BCUT2D eigenvalue weighted by atomic mass is 10.1. The van der Waals surface area contributed by atoms with E-state index in [4.69, 9.17) is 0 Å². The minimum absolute atomic E-state index is 0.148. The molecular formula is C21H24N2O4S. The molecule has 0 bridgehead atoms. The Balaban J connectivity index is 2.10. The second-order valence-electron chi connectivity index (χ2n) is 6.11. The van der Waals surface area contributed by atoms with Crippen molar-refractivity contribution >= 4 is 33.5 Å². The van der Waals surface area contributed by atoms with Gasteiger partial charge in [0.05, 0.1) is 4.90 Å². The van der Waals surface area contributed by atoms with Crippen LogP contribution in [0.4, 0.5) is 5.69 Å². The molecule has 0 aliphatic rings. The van der Waals surface area contributed by atoms with Gasteiger partial charge in [-0.1, -0.05) is 32.1 Å². The summed E-state index contributed by atoms with van der Waals surface area (Å²) in [7, 11) is -3.54. The quantitative estimate of drug-likeness (QED) is 0.542. The fourth-order valence-electron chi connectivity index (χ4n) is 2.65. The highest BCUT2D eigenvalue weighted by molar-refractivity contribution is 7.89. The number of sulfonamides is 1. The van der Waals surface area contributed by atoms with Crippen LogP contribution in [0.1, 0.15) is 36.7 Å². The van der Waals surface area contributed by atoms with E-state index in [1.807, 2.05) is 0 Å². The van der Waals surface area contributed by atoms with Crippen LogP contribution in [0.25, 0.3) is 6.08 Å². The first-order chi connectivity index (χ1) is 13.3. The third-order valence-electron chi connectivity index (χ3n) is 4.14. The van der Waals surface area contributed by atoms with Gasteiger partial charge in [0.1, 0.15) is 0 Å². The number of hydrogen-bond donors (Lipinski definition) is 1. The van der Waals surface area contributed by atoms with Crippen molar-refractivity contribution in [3.63, 3.8) is 0 Å². The van der Waals surface area contributed by atoms with Crippen LogP contribution in [0.2, 0.25) is 0 Å². The maximum absolute atomic E-state index is 12.5. The Hall–Kier alpha value is -2.77. The molecule has 2 rings (SSSR count). The van der Waals surface area contributed by atoms with E-state index in [1.165, 1.54) is 41.6 Å². The molecule has 0 radical (unpaired) electrons. The molecule has 1 N–H and O–H groups in total. The molecule has 0 aliphatic carbocycles. The minimum atomic E-state index is -3.54. The molecule has 0 heterocycles. The molecule has 2 aromatic carbocycles. The summed E-state index contributed by atoms with van der Waals surface area (Å²) in [5, 5.41) is 2.67. The number of carbonyl (C=O) groups excluding carboxylic acids is 2. The Morgan fingerprint density at radius 2 is 1.54 bits per heavy atom. The molecule has 7 heteroatoms. The molecular weight excluding hydrogens is 376 g/mol. The van der Waals surface area contributed by atoms with Gasteiger partial charge in [0.15, 0.2) is 5.78 Å². The Bertz CT molecular complexity index is 958. The largest absolute Gasteiger partial charge is 0.326 e. The monoisotopic (exact) mass is 400 g/mol. The van der Waals surface area contributed by atoms with Gasteiger partial charge in [0.2, 0.25) is 15.9 Å². The molecule has 0 saturated carbocycles. The van der Waals surface area contributed by atoms with Crippen LogP contribution in [-0.4, -0.2) is 37.5 Å². The average molecular weight is 401 g/mol. The van der Waals surface area contributed by atoms with Gasteiger partial charge in [-0.25, -0.2) is 8.42 Å². The van der Waals surface area contributed by atoms with Crippen LogP contribution in [0.5, 0.6) is 0 Å². The predicted octanol–water partition coefficient (Wildman–Crippen LogP) is 3.57. The van der Waals surface area contributed by atoms with Gasteiger partial charge in [-0.2, -0.15) is 4.31 Å². The van der Waals surface area contributed by atoms with Crippen molar-refractivity contribution in [2.24, 2.45) is 0 Å². The van der Waals surface area contributed by atoms with Crippen LogP contribution in [0, 0.1) is 0 Å². The van der Waals surface area contributed by atoms with Crippen molar-refractivity contribution in [1.29, 1.82) is 0 Å². The predicted molar refractivity (Wildman–Crippen MR) is 111 cm³/mol. The average Bonchev–Trinajstić information content (AvgIpc) is 2.67. The van der Waals surface area contributed by atoms with E-state index in [0.717, 1.165) is 5.56 Å². The SMILES string of the molecule is CCN(CC)S(=O)(=O)c1ccc(C(=O)/C=C/c2ccc(NC(C)=O)cc2)cc1. The van der Waals surface area contributed by atoms with Gasteiger partial charge in [-0.05, 0) is 48.0 Å². The van der Waals surface area contributed by atoms with E-state index in [-0.39, 0.29) is 16.6 Å². The van der Waals surface area contributed by atoms with Gasteiger partial charge in [-0.3, -0.25) is 9.59 Å². The van der Waals surface area contributed by atoms with Crippen LogP contribution >= 0.6 is 0 Å². The van der Waals surface area contributed by atoms with Crippen molar-refractivity contribution in [2.45, 2.75) is 25.7 Å². The smallest absolute Gasteiger partial charge is 0.243 e. The topological polar surface area (TPSA) is 83.6 Å². The molecule has 0 atom stereocenters. The molecule has 1 amide bonds. The van der Waals surface area contributed by atoms with Gasteiger partial charge in [-0.15, -0.1) is 0 Å². The zero-order chi connectivity index (χ0) is 20.7. The maximum atomic E-state index is 12.5.